The molecule has 21 heavy (non-hydrogen) atoms. The van der Waals surface area contributed by atoms with Crippen LogP contribution in [0.15, 0.2) is 53.0 Å². The van der Waals surface area contributed by atoms with Crippen LogP contribution in [0.4, 0.5) is 0 Å². The van der Waals surface area contributed by atoms with Gasteiger partial charge in [-0.1, -0.05) is 61.0 Å². The number of rotatable bonds is 4. The minimum atomic E-state index is -0.0244. The van der Waals surface area contributed by atoms with Crippen molar-refractivity contribution >= 4 is 21.7 Å². The summed E-state index contributed by atoms with van der Waals surface area (Å²) in [6, 6.07) is 15.2. The van der Waals surface area contributed by atoms with Gasteiger partial charge in [-0.2, -0.15) is 0 Å². The van der Waals surface area contributed by atoms with Crippen LogP contribution in [0.25, 0.3) is 0 Å². The zero-order valence-corrected chi connectivity index (χ0v) is 14.1. The van der Waals surface area contributed by atoms with E-state index >= 15 is 0 Å². The summed E-state index contributed by atoms with van der Waals surface area (Å²) in [5.74, 6) is 0.705. The Hall–Kier alpha value is -1.61. The number of ether oxygens (including phenoxy) is 1. The van der Waals surface area contributed by atoms with Gasteiger partial charge in [0.25, 0.3) is 0 Å². The van der Waals surface area contributed by atoms with Crippen molar-refractivity contribution in [2.24, 2.45) is 0 Å². The van der Waals surface area contributed by atoms with Crippen LogP contribution in [-0.2, 0) is 5.41 Å². The molecular weight excluding hydrogens is 328 g/mol. The van der Waals surface area contributed by atoms with Crippen LogP contribution in [-0.4, -0.2) is 12.4 Å². The average Bonchev–Trinajstić information content (AvgIpc) is 2.45. The molecule has 0 saturated heterocycles. The Morgan fingerprint density at radius 3 is 2.38 bits per heavy atom. The molecule has 0 fully saturated rings. The summed E-state index contributed by atoms with van der Waals surface area (Å²) in [6.07, 6.45) is 0. The van der Waals surface area contributed by atoms with Crippen LogP contribution in [0.2, 0.25) is 0 Å². The van der Waals surface area contributed by atoms with E-state index in [0.29, 0.717) is 5.56 Å². The van der Waals surface area contributed by atoms with E-state index in [0.717, 1.165) is 10.2 Å². The van der Waals surface area contributed by atoms with Crippen molar-refractivity contribution in [3.8, 4) is 5.75 Å². The van der Waals surface area contributed by atoms with Gasteiger partial charge in [0.15, 0.2) is 12.4 Å². The third-order valence-corrected chi connectivity index (χ3v) is 3.76. The Morgan fingerprint density at radius 1 is 1.10 bits per heavy atom. The fraction of sp³-hybridized carbons (Fsp3) is 0.278. The van der Waals surface area contributed by atoms with E-state index in [1.54, 1.807) is 12.1 Å². The quantitative estimate of drug-likeness (QED) is 0.727. The maximum absolute atomic E-state index is 12.1. The van der Waals surface area contributed by atoms with Crippen LogP contribution in [0.5, 0.6) is 5.75 Å². The van der Waals surface area contributed by atoms with Gasteiger partial charge in [-0.05, 0) is 35.2 Å². The number of carbonyl (C=O) groups excluding carboxylic acids is 1. The Bertz CT molecular complexity index is 624. The zero-order chi connectivity index (χ0) is 15.5. The molecule has 0 aromatic heterocycles. The molecule has 0 spiro atoms. The lowest BCUT2D eigenvalue weighted by Gasteiger charge is -2.19. The van der Waals surface area contributed by atoms with Gasteiger partial charge in [-0.25, -0.2) is 0 Å². The third-order valence-electron chi connectivity index (χ3n) is 3.24. The highest BCUT2D eigenvalue weighted by atomic mass is 79.9. The fourth-order valence-electron chi connectivity index (χ4n) is 1.92. The van der Waals surface area contributed by atoms with E-state index in [-0.39, 0.29) is 17.8 Å². The van der Waals surface area contributed by atoms with Crippen molar-refractivity contribution in [1.82, 2.24) is 0 Å². The molecule has 2 aromatic carbocycles. The standard InChI is InChI=1S/C18H19BrO2/c1-18(2,3)14-5-4-6-16(11-14)21-12-17(20)13-7-9-15(19)10-8-13/h4-11H,12H2,1-3H3. The van der Waals surface area contributed by atoms with E-state index in [2.05, 4.69) is 42.8 Å². The largest absolute Gasteiger partial charge is 0.485 e. The molecule has 0 N–H and O–H groups in total. The van der Waals surface area contributed by atoms with Crippen LogP contribution in [0.1, 0.15) is 36.7 Å². The Balaban J connectivity index is 2.03. The van der Waals surface area contributed by atoms with Crippen molar-refractivity contribution in [1.29, 1.82) is 0 Å². The molecule has 2 rings (SSSR count). The molecule has 0 atom stereocenters. The SMILES string of the molecule is CC(C)(C)c1cccc(OCC(=O)c2ccc(Br)cc2)c1. The first-order chi connectivity index (χ1) is 9.86. The molecule has 3 heteroatoms. The smallest absolute Gasteiger partial charge is 0.200 e. The Morgan fingerprint density at radius 2 is 1.76 bits per heavy atom. The summed E-state index contributed by atoms with van der Waals surface area (Å²) in [5, 5.41) is 0. The van der Waals surface area contributed by atoms with E-state index in [1.807, 2.05) is 30.3 Å². The van der Waals surface area contributed by atoms with Crippen LogP contribution in [0.3, 0.4) is 0 Å². The topological polar surface area (TPSA) is 26.3 Å². The monoisotopic (exact) mass is 346 g/mol. The molecular formula is C18H19BrO2. The first-order valence-corrected chi connectivity index (χ1v) is 7.68. The second kappa shape index (κ2) is 6.44. The van der Waals surface area contributed by atoms with E-state index in [1.165, 1.54) is 5.56 Å². The predicted octanol–water partition coefficient (Wildman–Crippen LogP) is 5.01. The molecule has 0 aliphatic rings. The van der Waals surface area contributed by atoms with Crippen molar-refractivity contribution in [3.63, 3.8) is 0 Å². The van der Waals surface area contributed by atoms with Gasteiger partial charge < -0.3 is 4.74 Å². The lowest BCUT2D eigenvalue weighted by Crippen LogP contribution is -2.13. The average molecular weight is 347 g/mol. The highest BCUT2D eigenvalue weighted by Crippen LogP contribution is 2.25. The summed E-state index contributed by atoms with van der Waals surface area (Å²) < 4.78 is 6.58. The predicted molar refractivity (Wildman–Crippen MR) is 89.1 cm³/mol. The molecule has 0 bridgehead atoms. The highest BCUT2D eigenvalue weighted by Gasteiger charge is 2.14. The second-order valence-electron chi connectivity index (χ2n) is 6.00. The maximum Gasteiger partial charge on any atom is 0.200 e. The zero-order valence-electron chi connectivity index (χ0n) is 12.5. The molecule has 0 aliphatic carbocycles. The minimum Gasteiger partial charge on any atom is -0.485 e. The summed E-state index contributed by atoms with van der Waals surface area (Å²) >= 11 is 3.35. The number of Topliss-reactive ketones (excluding diaryl/α,β-unsaturated/α-hetero) is 1. The number of hydrogen-bond donors (Lipinski definition) is 0. The molecule has 0 saturated carbocycles. The number of benzene rings is 2. The van der Waals surface area contributed by atoms with Crippen molar-refractivity contribution in [2.75, 3.05) is 6.61 Å². The van der Waals surface area contributed by atoms with Gasteiger partial charge in [0, 0.05) is 10.0 Å². The third kappa shape index (κ3) is 4.43. The van der Waals surface area contributed by atoms with Gasteiger partial charge in [0.2, 0.25) is 0 Å². The lowest BCUT2D eigenvalue weighted by molar-refractivity contribution is 0.0921. The highest BCUT2D eigenvalue weighted by molar-refractivity contribution is 9.10. The molecule has 110 valence electrons. The van der Waals surface area contributed by atoms with E-state index < -0.39 is 0 Å². The van der Waals surface area contributed by atoms with Gasteiger partial charge in [0.05, 0.1) is 0 Å². The molecule has 0 amide bonds. The van der Waals surface area contributed by atoms with Gasteiger partial charge in [-0.3, -0.25) is 4.79 Å². The van der Waals surface area contributed by atoms with Crippen LogP contribution < -0.4 is 4.74 Å². The molecule has 0 heterocycles. The number of halogens is 1. The second-order valence-corrected chi connectivity index (χ2v) is 6.91. The van der Waals surface area contributed by atoms with Crippen molar-refractivity contribution < 1.29 is 9.53 Å². The Labute approximate surface area is 134 Å². The van der Waals surface area contributed by atoms with Gasteiger partial charge in [-0.15, -0.1) is 0 Å². The van der Waals surface area contributed by atoms with Crippen LogP contribution in [0, 0.1) is 0 Å². The number of carbonyl (C=O) groups is 1. The van der Waals surface area contributed by atoms with Crippen molar-refractivity contribution in [2.45, 2.75) is 26.2 Å². The van der Waals surface area contributed by atoms with Crippen molar-refractivity contribution in [3.05, 3.63) is 64.1 Å². The lowest BCUT2D eigenvalue weighted by atomic mass is 9.87. The summed E-state index contributed by atoms with van der Waals surface area (Å²) in [6.45, 7) is 6.51. The number of hydrogen-bond acceptors (Lipinski definition) is 2. The summed E-state index contributed by atoms with van der Waals surface area (Å²) in [5.41, 5.74) is 1.91. The first-order valence-electron chi connectivity index (χ1n) is 6.88. The molecule has 0 aliphatic heterocycles. The van der Waals surface area contributed by atoms with Crippen LogP contribution >= 0.6 is 15.9 Å². The van der Waals surface area contributed by atoms with Gasteiger partial charge >= 0.3 is 0 Å². The normalized spacial score (nSPS) is 11.2. The first kappa shape index (κ1) is 15.8. The molecule has 2 nitrogen and oxygen atoms in total. The van der Waals surface area contributed by atoms with Gasteiger partial charge in [0.1, 0.15) is 5.75 Å². The summed E-state index contributed by atoms with van der Waals surface area (Å²) in [7, 11) is 0. The fourth-order valence-corrected chi connectivity index (χ4v) is 2.18. The maximum atomic E-state index is 12.1. The Kier molecular flexibility index (Phi) is 4.84. The minimum absolute atomic E-state index is 0.0244. The number of ketones is 1. The molecule has 0 radical (unpaired) electrons. The van der Waals surface area contributed by atoms with E-state index in [4.69, 9.17) is 4.74 Å². The van der Waals surface area contributed by atoms with E-state index in [9.17, 15) is 4.79 Å². The molecule has 2 aromatic rings. The molecule has 0 unspecified atom stereocenters. The summed E-state index contributed by atoms with van der Waals surface area (Å²) in [4.78, 5) is 12.1.